The van der Waals surface area contributed by atoms with Crippen LogP contribution in [-0.2, 0) is 11.8 Å². The zero-order chi connectivity index (χ0) is 14.8. The number of anilines is 1. The first-order valence-electron chi connectivity index (χ1n) is 7.07. The lowest BCUT2D eigenvalue weighted by atomic mass is 9.85. The number of ether oxygens (including phenoxy) is 1. The Morgan fingerprint density at radius 2 is 1.80 bits per heavy atom. The Hall–Kier alpha value is -1.96. The van der Waals surface area contributed by atoms with Crippen molar-refractivity contribution >= 4 is 5.69 Å². The van der Waals surface area contributed by atoms with E-state index in [1.165, 1.54) is 11.1 Å². The van der Waals surface area contributed by atoms with E-state index in [1.54, 1.807) is 0 Å². The molecule has 0 saturated carbocycles. The summed E-state index contributed by atoms with van der Waals surface area (Å²) in [5.41, 5.74) is 9.11. The van der Waals surface area contributed by atoms with E-state index >= 15 is 0 Å². The third kappa shape index (κ3) is 3.32. The predicted octanol–water partition coefficient (Wildman–Crippen LogP) is 4.92. The number of hydrogen-bond acceptors (Lipinski definition) is 2. The van der Waals surface area contributed by atoms with E-state index in [0.29, 0.717) is 5.69 Å². The maximum absolute atomic E-state index is 6.04. The van der Waals surface area contributed by atoms with Crippen LogP contribution in [0.4, 0.5) is 5.69 Å². The molecule has 20 heavy (non-hydrogen) atoms. The first kappa shape index (κ1) is 14.4. The van der Waals surface area contributed by atoms with Gasteiger partial charge in [-0.1, -0.05) is 45.9 Å². The highest BCUT2D eigenvalue weighted by Gasteiger charge is 2.19. The van der Waals surface area contributed by atoms with Crippen LogP contribution < -0.4 is 10.5 Å². The summed E-state index contributed by atoms with van der Waals surface area (Å²) in [6.07, 6.45) is 1.03. The summed E-state index contributed by atoms with van der Waals surface area (Å²) < 4.78 is 6.04. The molecule has 0 aliphatic carbocycles. The van der Waals surface area contributed by atoms with Crippen molar-refractivity contribution < 1.29 is 4.74 Å². The molecule has 0 atom stereocenters. The van der Waals surface area contributed by atoms with Gasteiger partial charge in [-0.25, -0.2) is 0 Å². The molecule has 2 heteroatoms. The summed E-state index contributed by atoms with van der Waals surface area (Å²) in [6.45, 7) is 8.77. The molecule has 0 saturated heterocycles. The molecule has 0 aromatic heterocycles. The van der Waals surface area contributed by atoms with Gasteiger partial charge in [-0.3, -0.25) is 0 Å². The average molecular weight is 269 g/mol. The van der Waals surface area contributed by atoms with Gasteiger partial charge >= 0.3 is 0 Å². The smallest absolute Gasteiger partial charge is 0.131 e. The van der Waals surface area contributed by atoms with Gasteiger partial charge in [0.25, 0.3) is 0 Å². The average Bonchev–Trinajstić information content (AvgIpc) is 2.38. The van der Waals surface area contributed by atoms with Gasteiger partial charge < -0.3 is 10.5 Å². The molecule has 0 radical (unpaired) electrons. The van der Waals surface area contributed by atoms with Crippen molar-refractivity contribution in [1.82, 2.24) is 0 Å². The third-order valence-corrected chi connectivity index (χ3v) is 3.35. The van der Waals surface area contributed by atoms with Crippen LogP contribution in [0.1, 0.15) is 38.8 Å². The normalized spacial score (nSPS) is 11.4. The predicted molar refractivity (Wildman–Crippen MR) is 85.4 cm³/mol. The lowest BCUT2D eigenvalue weighted by Gasteiger charge is -2.23. The lowest BCUT2D eigenvalue weighted by molar-refractivity contribution is 0.455. The highest BCUT2D eigenvalue weighted by atomic mass is 16.5. The van der Waals surface area contributed by atoms with E-state index in [1.807, 2.05) is 24.3 Å². The Morgan fingerprint density at radius 3 is 2.40 bits per heavy atom. The Kier molecular flexibility index (Phi) is 4.03. The molecule has 106 valence electrons. The summed E-state index contributed by atoms with van der Waals surface area (Å²) in [5, 5.41) is 0. The molecule has 0 aliphatic heterocycles. The van der Waals surface area contributed by atoms with Crippen LogP contribution in [0.2, 0.25) is 0 Å². The Bertz CT molecular complexity index is 597. The van der Waals surface area contributed by atoms with Crippen molar-refractivity contribution in [2.24, 2.45) is 0 Å². The second kappa shape index (κ2) is 5.58. The van der Waals surface area contributed by atoms with Gasteiger partial charge in [-0.05, 0) is 35.6 Å². The van der Waals surface area contributed by atoms with Gasteiger partial charge in [0.1, 0.15) is 11.5 Å². The minimum absolute atomic E-state index is 0.0425. The highest BCUT2D eigenvalue weighted by Crippen LogP contribution is 2.35. The standard InChI is InChI=1S/C18H23NO/c1-5-13-9-10-17(16(11-13)18(2,3)4)20-15-8-6-7-14(19)12-15/h6-12H,5,19H2,1-4H3. The van der Waals surface area contributed by atoms with Gasteiger partial charge in [0.05, 0.1) is 0 Å². The monoisotopic (exact) mass is 269 g/mol. The molecule has 0 heterocycles. The number of aryl methyl sites for hydroxylation is 1. The molecule has 2 nitrogen and oxygen atoms in total. The number of rotatable bonds is 3. The number of nitrogens with two attached hydrogens (primary N) is 1. The van der Waals surface area contributed by atoms with Crippen molar-refractivity contribution in [3.05, 3.63) is 53.6 Å². The number of hydrogen-bond donors (Lipinski definition) is 1. The fourth-order valence-corrected chi connectivity index (χ4v) is 2.18. The molecule has 2 aromatic rings. The first-order valence-corrected chi connectivity index (χ1v) is 7.07. The second-order valence-corrected chi connectivity index (χ2v) is 6.11. The maximum atomic E-state index is 6.04. The number of nitrogen functional groups attached to an aromatic ring is 1. The van der Waals surface area contributed by atoms with Crippen LogP contribution in [0, 0.1) is 0 Å². The second-order valence-electron chi connectivity index (χ2n) is 6.11. The maximum Gasteiger partial charge on any atom is 0.131 e. The van der Waals surface area contributed by atoms with E-state index < -0.39 is 0 Å². The van der Waals surface area contributed by atoms with Crippen molar-refractivity contribution in [3.63, 3.8) is 0 Å². The summed E-state index contributed by atoms with van der Waals surface area (Å²) in [5.74, 6) is 1.68. The molecule has 0 unspecified atom stereocenters. The van der Waals surface area contributed by atoms with Crippen LogP contribution in [0.15, 0.2) is 42.5 Å². The molecule has 2 aromatic carbocycles. The van der Waals surface area contributed by atoms with E-state index in [2.05, 4.69) is 45.9 Å². The van der Waals surface area contributed by atoms with Crippen LogP contribution in [0.25, 0.3) is 0 Å². The Labute approximate surface area is 121 Å². The van der Waals surface area contributed by atoms with E-state index in [0.717, 1.165) is 17.9 Å². The fraction of sp³-hybridized carbons (Fsp3) is 0.333. The summed E-state index contributed by atoms with van der Waals surface area (Å²) in [6, 6.07) is 14.0. The number of benzene rings is 2. The highest BCUT2D eigenvalue weighted by molar-refractivity contribution is 5.48. The minimum Gasteiger partial charge on any atom is -0.457 e. The minimum atomic E-state index is 0.0425. The van der Waals surface area contributed by atoms with Crippen LogP contribution in [0.3, 0.4) is 0 Å². The Balaban J connectivity index is 2.41. The molecular weight excluding hydrogens is 246 g/mol. The zero-order valence-corrected chi connectivity index (χ0v) is 12.7. The van der Waals surface area contributed by atoms with Gasteiger partial charge in [-0.2, -0.15) is 0 Å². The fourth-order valence-electron chi connectivity index (χ4n) is 2.18. The third-order valence-electron chi connectivity index (χ3n) is 3.35. The molecule has 0 aliphatic rings. The van der Waals surface area contributed by atoms with E-state index in [-0.39, 0.29) is 5.41 Å². The largest absolute Gasteiger partial charge is 0.457 e. The van der Waals surface area contributed by atoms with E-state index in [9.17, 15) is 0 Å². The topological polar surface area (TPSA) is 35.2 Å². The van der Waals surface area contributed by atoms with Gasteiger partial charge in [-0.15, -0.1) is 0 Å². The quantitative estimate of drug-likeness (QED) is 0.802. The van der Waals surface area contributed by atoms with Crippen molar-refractivity contribution in [1.29, 1.82) is 0 Å². The van der Waals surface area contributed by atoms with Crippen LogP contribution >= 0.6 is 0 Å². The van der Waals surface area contributed by atoms with Crippen molar-refractivity contribution in [3.8, 4) is 11.5 Å². The summed E-state index contributed by atoms with van der Waals surface area (Å²) >= 11 is 0. The van der Waals surface area contributed by atoms with Crippen molar-refractivity contribution in [2.75, 3.05) is 5.73 Å². The molecule has 2 rings (SSSR count). The molecule has 0 spiro atoms. The summed E-state index contributed by atoms with van der Waals surface area (Å²) in [4.78, 5) is 0. The molecule has 0 bridgehead atoms. The van der Waals surface area contributed by atoms with Crippen LogP contribution in [-0.4, -0.2) is 0 Å². The zero-order valence-electron chi connectivity index (χ0n) is 12.7. The van der Waals surface area contributed by atoms with Gasteiger partial charge in [0.15, 0.2) is 0 Å². The molecule has 0 fully saturated rings. The van der Waals surface area contributed by atoms with Gasteiger partial charge in [0, 0.05) is 17.3 Å². The van der Waals surface area contributed by atoms with Gasteiger partial charge in [0.2, 0.25) is 0 Å². The first-order chi connectivity index (χ1) is 9.40. The molecular formula is C18H23NO. The Morgan fingerprint density at radius 1 is 1.05 bits per heavy atom. The lowest BCUT2D eigenvalue weighted by Crippen LogP contribution is -2.13. The summed E-state index contributed by atoms with van der Waals surface area (Å²) in [7, 11) is 0. The SMILES string of the molecule is CCc1ccc(Oc2cccc(N)c2)c(C(C)(C)C)c1. The van der Waals surface area contributed by atoms with Crippen molar-refractivity contribution in [2.45, 2.75) is 39.5 Å². The molecule has 2 N–H and O–H groups in total. The van der Waals surface area contributed by atoms with E-state index in [4.69, 9.17) is 10.5 Å². The molecule has 0 amide bonds. The van der Waals surface area contributed by atoms with Crippen LogP contribution in [0.5, 0.6) is 11.5 Å².